The fourth-order valence-corrected chi connectivity index (χ4v) is 5.49. The molecular formula is C31H9F21N2. The Morgan fingerprint density at radius 3 is 1.41 bits per heavy atom. The van der Waals surface area contributed by atoms with Crippen molar-refractivity contribution in [3.05, 3.63) is 117 Å². The van der Waals surface area contributed by atoms with Crippen LogP contribution in [0.3, 0.4) is 0 Å². The highest BCUT2D eigenvalue weighted by atomic mass is 19.4. The Kier molecular flexibility index (Phi) is 9.80. The van der Waals surface area contributed by atoms with Gasteiger partial charge in [0.1, 0.15) is 34.1 Å². The Bertz CT molecular complexity index is 2210. The quantitative estimate of drug-likeness (QED) is 0.160. The van der Waals surface area contributed by atoms with Crippen LogP contribution in [0.2, 0.25) is 0 Å². The molecule has 290 valence electrons. The zero-order valence-corrected chi connectivity index (χ0v) is 25.0. The second-order valence-corrected chi connectivity index (χ2v) is 10.9. The molecule has 0 bridgehead atoms. The molecule has 2 unspecified atom stereocenters. The maximum atomic E-state index is 15.6. The highest BCUT2D eigenvalue weighted by Gasteiger charge is 2.53. The summed E-state index contributed by atoms with van der Waals surface area (Å²) in [4.78, 5) is -0.825. The largest absolute Gasteiger partial charge is 0.422 e. The third-order valence-electron chi connectivity index (χ3n) is 7.74. The number of alkyl halides is 10. The normalized spacial score (nSPS) is 17.2. The van der Waals surface area contributed by atoms with E-state index in [2.05, 4.69) is 0 Å². The van der Waals surface area contributed by atoms with E-state index >= 15 is 17.6 Å². The molecule has 0 heterocycles. The van der Waals surface area contributed by atoms with Gasteiger partial charge in [0, 0.05) is 16.5 Å². The molecule has 0 saturated carbocycles. The molecule has 1 aliphatic carbocycles. The Morgan fingerprint density at radius 2 is 0.944 bits per heavy atom. The fourth-order valence-electron chi connectivity index (χ4n) is 5.49. The van der Waals surface area contributed by atoms with Gasteiger partial charge < -0.3 is 10.2 Å². The Labute approximate surface area is 284 Å². The zero-order chi connectivity index (χ0) is 40.7. The predicted octanol–water partition coefficient (Wildman–Crippen LogP) is 12.5. The number of rotatable bonds is 5. The molecule has 2 atom stereocenters. The first-order valence-corrected chi connectivity index (χ1v) is 13.9. The van der Waals surface area contributed by atoms with E-state index in [-0.39, 0.29) is 0 Å². The maximum Gasteiger partial charge on any atom is 0.422 e. The topological polar surface area (TPSA) is 15.3 Å². The minimum Gasteiger partial charge on any atom is -0.350 e. The van der Waals surface area contributed by atoms with Crippen molar-refractivity contribution in [2.75, 3.05) is 10.2 Å². The van der Waals surface area contributed by atoms with Gasteiger partial charge in [0.25, 0.3) is 0 Å². The van der Waals surface area contributed by atoms with Crippen LogP contribution in [0, 0.1) is 46.5 Å². The molecule has 4 aromatic carbocycles. The van der Waals surface area contributed by atoms with Crippen molar-refractivity contribution in [3.8, 4) is 0 Å². The maximum absolute atomic E-state index is 15.6. The van der Waals surface area contributed by atoms with Gasteiger partial charge in [0.15, 0.2) is 70.2 Å². The summed E-state index contributed by atoms with van der Waals surface area (Å²) >= 11 is 0. The van der Waals surface area contributed by atoms with Gasteiger partial charge in [-0.15, -0.1) is 0 Å². The van der Waals surface area contributed by atoms with Crippen molar-refractivity contribution in [1.82, 2.24) is 0 Å². The van der Waals surface area contributed by atoms with Crippen LogP contribution in [-0.2, 0) is 12.4 Å². The molecule has 0 saturated heterocycles. The molecule has 5 rings (SSSR count). The third kappa shape index (κ3) is 6.29. The number of fused-ring (bicyclic) bond motifs is 1. The van der Waals surface area contributed by atoms with E-state index in [1.54, 1.807) is 5.32 Å². The highest BCUT2D eigenvalue weighted by Crippen LogP contribution is 2.51. The molecule has 23 heteroatoms. The van der Waals surface area contributed by atoms with Crippen LogP contribution in [0.1, 0.15) is 11.1 Å². The number of nitrogens with one attached hydrogen (secondary N) is 1. The van der Waals surface area contributed by atoms with Crippen LogP contribution in [0.15, 0.2) is 59.5 Å². The van der Waals surface area contributed by atoms with E-state index < -0.39 is 150 Å². The van der Waals surface area contributed by atoms with Gasteiger partial charge in [-0.3, -0.25) is 0 Å². The Balaban J connectivity index is 1.85. The number of anilines is 4. The number of nitrogens with zero attached hydrogens (tertiary/aromatic N) is 1. The lowest BCUT2D eigenvalue weighted by Gasteiger charge is -2.38. The molecule has 2 nitrogen and oxygen atoms in total. The molecule has 54 heavy (non-hydrogen) atoms. The standard InChI is InChI=1S/C31H9F21N2/c32-14-11(29(44,45)46)15(33)21(39)26(20(14)38)53-9-5-1-4-8-7(9)3-2-6-10(8)54(27-22(40)16(34)12(30(47,48)49)17(35)23(27)41)28-24(42)18(36)13(31(50,51)52)19(37)25(28)43/h1-6,22,27,53H. The number of benzene rings is 4. The van der Waals surface area contributed by atoms with Crippen LogP contribution in [0.25, 0.3) is 10.8 Å². The average Bonchev–Trinajstić information content (AvgIpc) is 3.05. The van der Waals surface area contributed by atoms with Gasteiger partial charge in [-0.05, 0) is 12.1 Å². The van der Waals surface area contributed by atoms with E-state index in [1.807, 2.05) is 0 Å². The molecule has 0 amide bonds. The number of allylic oxidation sites excluding steroid dienone is 2. The third-order valence-corrected chi connectivity index (χ3v) is 7.74. The van der Waals surface area contributed by atoms with E-state index in [0.717, 1.165) is 6.07 Å². The van der Waals surface area contributed by atoms with E-state index in [1.165, 1.54) is 0 Å². The SMILES string of the molecule is FC1=C(F)C(N(c2c(F)c(F)c(C(F)(F)F)c(F)c2F)c2cccc3c(Nc4c(F)c(F)c(C(F)(F)F)c(F)c4F)cccc23)C(F)C(F)=C1C(F)(F)F. The molecule has 1 aliphatic rings. The van der Waals surface area contributed by atoms with Crippen LogP contribution in [0.5, 0.6) is 0 Å². The second-order valence-electron chi connectivity index (χ2n) is 10.9. The summed E-state index contributed by atoms with van der Waals surface area (Å²) in [5.41, 5.74) is -16.5. The van der Waals surface area contributed by atoms with E-state index in [4.69, 9.17) is 0 Å². The summed E-state index contributed by atoms with van der Waals surface area (Å²) < 4.78 is 299. The lowest BCUT2D eigenvalue weighted by molar-refractivity contribution is -0.144. The molecule has 0 fully saturated rings. The molecule has 0 spiro atoms. The smallest absolute Gasteiger partial charge is 0.350 e. The minimum atomic E-state index is -6.25. The second kappa shape index (κ2) is 13.2. The fraction of sp³-hybridized carbons (Fsp3) is 0.161. The van der Waals surface area contributed by atoms with Gasteiger partial charge in [-0.2, -0.15) is 39.5 Å². The molecule has 0 aliphatic heterocycles. The first kappa shape index (κ1) is 39.9. The summed E-state index contributed by atoms with van der Waals surface area (Å²) in [5.74, 6) is -34.2. The van der Waals surface area contributed by atoms with Crippen molar-refractivity contribution >= 4 is 33.5 Å². The molecular weight excluding hydrogens is 799 g/mol. The number of halogens is 21. The van der Waals surface area contributed by atoms with Crippen molar-refractivity contribution in [2.24, 2.45) is 0 Å². The van der Waals surface area contributed by atoms with Gasteiger partial charge in [-0.1, -0.05) is 24.3 Å². The summed E-state index contributed by atoms with van der Waals surface area (Å²) in [7, 11) is 0. The lowest BCUT2D eigenvalue weighted by Crippen LogP contribution is -2.45. The minimum absolute atomic E-state index is 0.385. The van der Waals surface area contributed by atoms with Crippen LogP contribution < -0.4 is 10.2 Å². The molecule has 0 aromatic heterocycles. The van der Waals surface area contributed by atoms with Crippen molar-refractivity contribution < 1.29 is 92.2 Å². The zero-order valence-electron chi connectivity index (χ0n) is 25.0. The Morgan fingerprint density at radius 1 is 0.500 bits per heavy atom. The average molecular weight is 808 g/mol. The summed E-state index contributed by atoms with van der Waals surface area (Å²) in [5, 5.41) is -0.0942. The summed E-state index contributed by atoms with van der Waals surface area (Å²) in [6, 6.07) is -0.167. The first-order chi connectivity index (χ1) is 24.7. The number of hydrogen-bond acceptors (Lipinski definition) is 2. The van der Waals surface area contributed by atoms with Gasteiger partial charge >= 0.3 is 18.5 Å². The summed E-state index contributed by atoms with van der Waals surface area (Å²) in [6.45, 7) is 0. The van der Waals surface area contributed by atoms with Gasteiger partial charge in [0.05, 0.1) is 5.69 Å². The van der Waals surface area contributed by atoms with E-state index in [9.17, 15) is 74.6 Å². The summed E-state index contributed by atoms with van der Waals surface area (Å²) in [6.07, 6.45) is -22.7. The Hall–Kier alpha value is -5.25. The van der Waals surface area contributed by atoms with Crippen molar-refractivity contribution in [1.29, 1.82) is 0 Å². The van der Waals surface area contributed by atoms with Gasteiger partial charge in [0.2, 0.25) is 0 Å². The predicted molar refractivity (Wildman–Crippen MR) is 144 cm³/mol. The van der Waals surface area contributed by atoms with Gasteiger partial charge in [-0.25, -0.2) is 52.7 Å². The van der Waals surface area contributed by atoms with Crippen LogP contribution >= 0.6 is 0 Å². The number of hydrogen-bond donors (Lipinski definition) is 1. The van der Waals surface area contributed by atoms with Crippen LogP contribution in [0.4, 0.5) is 115 Å². The molecule has 0 radical (unpaired) electrons. The molecule has 4 aromatic rings. The monoisotopic (exact) mass is 808 g/mol. The lowest BCUT2D eigenvalue weighted by atomic mass is 9.93. The van der Waals surface area contributed by atoms with Crippen LogP contribution in [-0.4, -0.2) is 18.4 Å². The first-order valence-electron chi connectivity index (χ1n) is 13.9. The highest BCUT2D eigenvalue weighted by molar-refractivity contribution is 6.04. The van der Waals surface area contributed by atoms with Crippen molar-refractivity contribution in [3.63, 3.8) is 0 Å². The van der Waals surface area contributed by atoms with Crippen molar-refractivity contribution in [2.45, 2.75) is 30.7 Å². The molecule has 1 N–H and O–H groups in total. The van der Waals surface area contributed by atoms with E-state index in [0.29, 0.717) is 30.3 Å².